The zero-order valence-corrected chi connectivity index (χ0v) is 10.2. The zero-order valence-electron chi connectivity index (χ0n) is 10.2. The smallest absolute Gasteiger partial charge is 0.251 e. The maximum atomic E-state index is 12.7. The van der Waals surface area contributed by atoms with Crippen molar-refractivity contribution in [3.05, 3.63) is 59.7 Å². The number of hydrogen-bond acceptors (Lipinski definition) is 1. The van der Waals surface area contributed by atoms with Crippen molar-refractivity contribution in [2.24, 2.45) is 7.05 Å². The van der Waals surface area contributed by atoms with Gasteiger partial charge in [-0.2, -0.15) is 0 Å². The Balaban J connectivity index is 1.83. The quantitative estimate of drug-likeness (QED) is 0.881. The highest BCUT2D eigenvalue weighted by atomic mass is 19.1. The zero-order chi connectivity index (χ0) is 13.0. The fourth-order valence-corrected chi connectivity index (χ4v) is 1.73. The molecule has 2 aromatic rings. The van der Waals surface area contributed by atoms with Crippen molar-refractivity contribution in [1.82, 2.24) is 9.88 Å². The largest absolute Gasteiger partial charge is 0.357 e. The summed E-state index contributed by atoms with van der Waals surface area (Å²) in [5.74, 6) is -0.512. The predicted octanol–water partition coefficient (Wildman–Crippen LogP) is 2.14. The summed E-state index contributed by atoms with van der Waals surface area (Å²) < 4.78 is 14.7. The minimum atomic E-state index is -0.337. The second-order valence-corrected chi connectivity index (χ2v) is 4.20. The fraction of sp³-hybridized carbons (Fsp3) is 0.214. The van der Waals surface area contributed by atoms with Gasteiger partial charge in [0.25, 0.3) is 5.91 Å². The average molecular weight is 246 g/mol. The second kappa shape index (κ2) is 5.49. The molecule has 0 bridgehead atoms. The van der Waals surface area contributed by atoms with Crippen molar-refractivity contribution in [2.75, 3.05) is 6.54 Å². The standard InChI is InChI=1S/C14H15FN2O/c1-17-9-7-11(10-17)6-8-16-14(18)12-2-4-13(15)5-3-12/h2-5,7,9-10H,6,8H2,1H3,(H,16,18). The highest BCUT2D eigenvalue weighted by Gasteiger charge is 2.04. The highest BCUT2D eigenvalue weighted by molar-refractivity contribution is 5.94. The molecule has 0 saturated heterocycles. The van der Waals surface area contributed by atoms with E-state index in [9.17, 15) is 9.18 Å². The minimum absolute atomic E-state index is 0.175. The third-order valence-electron chi connectivity index (χ3n) is 2.70. The van der Waals surface area contributed by atoms with E-state index in [0.29, 0.717) is 12.1 Å². The van der Waals surface area contributed by atoms with Gasteiger partial charge < -0.3 is 9.88 Å². The number of hydrogen-bond donors (Lipinski definition) is 1. The van der Waals surface area contributed by atoms with Crippen molar-refractivity contribution < 1.29 is 9.18 Å². The molecule has 0 aliphatic rings. The summed E-state index contributed by atoms with van der Waals surface area (Å²) in [7, 11) is 1.96. The molecule has 0 spiro atoms. The first-order valence-electron chi connectivity index (χ1n) is 5.80. The lowest BCUT2D eigenvalue weighted by atomic mass is 10.2. The lowest BCUT2D eigenvalue weighted by molar-refractivity contribution is 0.0954. The summed E-state index contributed by atoms with van der Waals surface area (Å²) in [5, 5.41) is 2.81. The van der Waals surface area contributed by atoms with Crippen molar-refractivity contribution in [3.63, 3.8) is 0 Å². The molecule has 0 aliphatic carbocycles. The molecule has 1 N–H and O–H groups in total. The molecule has 1 amide bonds. The third-order valence-corrected chi connectivity index (χ3v) is 2.70. The van der Waals surface area contributed by atoms with Crippen LogP contribution < -0.4 is 5.32 Å². The first-order chi connectivity index (χ1) is 8.65. The monoisotopic (exact) mass is 246 g/mol. The van der Waals surface area contributed by atoms with E-state index in [-0.39, 0.29) is 11.7 Å². The van der Waals surface area contributed by atoms with Gasteiger partial charge in [0.1, 0.15) is 5.82 Å². The number of amides is 1. The van der Waals surface area contributed by atoms with Gasteiger partial charge in [0.15, 0.2) is 0 Å². The summed E-state index contributed by atoms with van der Waals surface area (Å²) in [6, 6.07) is 7.54. The van der Waals surface area contributed by atoms with Crippen LogP contribution in [-0.4, -0.2) is 17.0 Å². The van der Waals surface area contributed by atoms with Crippen LogP contribution in [0.3, 0.4) is 0 Å². The Labute approximate surface area is 105 Å². The van der Waals surface area contributed by atoms with Gasteiger partial charge in [-0.15, -0.1) is 0 Å². The maximum absolute atomic E-state index is 12.7. The SMILES string of the molecule is Cn1ccc(CCNC(=O)c2ccc(F)cc2)c1. The molecule has 18 heavy (non-hydrogen) atoms. The van der Waals surface area contributed by atoms with E-state index in [0.717, 1.165) is 6.42 Å². The van der Waals surface area contributed by atoms with E-state index in [2.05, 4.69) is 5.32 Å². The normalized spacial score (nSPS) is 10.3. The number of aryl methyl sites for hydroxylation is 1. The number of carbonyl (C=O) groups is 1. The van der Waals surface area contributed by atoms with Crippen LogP contribution in [-0.2, 0) is 13.5 Å². The van der Waals surface area contributed by atoms with Crippen molar-refractivity contribution in [2.45, 2.75) is 6.42 Å². The highest BCUT2D eigenvalue weighted by Crippen LogP contribution is 2.03. The van der Waals surface area contributed by atoms with Gasteiger partial charge in [-0.25, -0.2) is 4.39 Å². The van der Waals surface area contributed by atoms with Crippen LogP contribution in [0.25, 0.3) is 0 Å². The van der Waals surface area contributed by atoms with E-state index in [4.69, 9.17) is 0 Å². The molecule has 94 valence electrons. The topological polar surface area (TPSA) is 34.0 Å². The van der Waals surface area contributed by atoms with Gasteiger partial charge in [-0.05, 0) is 42.3 Å². The molecule has 0 aliphatic heterocycles. The van der Waals surface area contributed by atoms with Crippen molar-refractivity contribution >= 4 is 5.91 Å². The molecular weight excluding hydrogens is 231 g/mol. The molecule has 3 nitrogen and oxygen atoms in total. The molecule has 2 rings (SSSR count). The van der Waals surface area contributed by atoms with Crippen LogP contribution in [0, 0.1) is 5.82 Å². The second-order valence-electron chi connectivity index (χ2n) is 4.20. The average Bonchev–Trinajstić information content (AvgIpc) is 2.76. The Bertz CT molecular complexity index is 531. The molecule has 1 aromatic heterocycles. The van der Waals surface area contributed by atoms with Gasteiger partial charge in [0.2, 0.25) is 0 Å². The van der Waals surface area contributed by atoms with Crippen molar-refractivity contribution in [1.29, 1.82) is 0 Å². The number of aromatic nitrogens is 1. The molecule has 1 aromatic carbocycles. The molecule has 0 radical (unpaired) electrons. The molecule has 0 unspecified atom stereocenters. The predicted molar refractivity (Wildman–Crippen MR) is 67.9 cm³/mol. The first-order valence-corrected chi connectivity index (χ1v) is 5.80. The molecule has 4 heteroatoms. The Morgan fingerprint density at radius 1 is 1.28 bits per heavy atom. The number of nitrogens with one attached hydrogen (secondary N) is 1. The first kappa shape index (κ1) is 12.4. The van der Waals surface area contributed by atoms with Gasteiger partial charge in [-0.1, -0.05) is 0 Å². The van der Waals surface area contributed by atoms with Crippen LogP contribution in [0.15, 0.2) is 42.7 Å². The number of halogens is 1. The summed E-state index contributed by atoms with van der Waals surface area (Å²) in [6.07, 6.45) is 4.77. The Morgan fingerprint density at radius 3 is 2.61 bits per heavy atom. The lowest BCUT2D eigenvalue weighted by Crippen LogP contribution is -2.25. The minimum Gasteiger partial charge on any atom is -0.357 e. The van der Waals surface area contributed by atoms with E-state index in [1.807, 2.05) is 30.1 Å². The van der Waals surface area contributed by atoms with Crippen LogP contribution in [0.2, 0.25) is 0 Å². The van der Waals surface area contributed by atoms with Crippen LogP contribution in [0.4, 0.5) is 4.39 Å². The van der Waals surface area contributed by atoms with Crippen molar-refractivity contribution in [3.8, 4) is 0 Å². The maximum Gasteiger partial charge on any atom is 0.251 e. The fourth-order valence-electron chi connectivity index (χ4n) is 1.73. The van der Waals surface area contributed by atoms with Gasteiger partial charge in [0.05, 0.1) is 0 Å². The Kier molecular flexibility index (Phi) is 3.77. The number of benzene rings is 1. The molecule has 0 fully saturated rings. The van der Waals surface area contributed by atoms with E-state index >= 15 is 0 Å². The summed E-state index contributed by atoms with van der Waals surface area (Å²) >= 11 is 0. The molecule has 0 atom stereocenters. The summed E-state index contributed by atoms with van der Waals surface area (Å²) in [4.78, 5) is 11.7. The van der Waals surface area contributed by atoms with Gasteiger partial charge in [0, 0.05) is 31.5 Å². The van der Waals surface area contributed by atoms with E-state index < -0.39 is 0 Å². The van der Waals surface area contributed by atoms with Crippen LogP contribution >= 0.6 is 0 Å². The van der Waals surface area contributed by atoms with Crippen LogP contribution in [0.1, 0.15) is 15.9 Å². The lowest BCUT2D eigenvalue weighted by Gasteiger charge is -2.04. The number of carbonyl (C=O) groups excluding carboxylic acids is 1. The van der Waals surface area contributed by atoms with Gasteiger partial charge >= 0.3 is 0 Å². The summed E-state index contributed by atoms with van der Waals surface area (Å²) in [6.45, 7) is 0.570. The number of rotatable bonds is 4. The molecule has 0 saturated carbocycles. The number of nitrogens with zero attached hydrogens (tertiary/aromatic N) is 1. The molecular formula is C14H15FN2O. The van der Waals surface area contributed by atoms with Crippen LogP contribution in [0.5, 0.6) is 0 Å². The Hall–Kier alpha value is -2.10. The summed E-state index contributed by atoms with van der Waals surface area (Å²) in [5.41, 5.74) is 1.65. The third kappa shape index (κ3) is 3.20. The van der Waals surface area contributed by atoms with Gasteiger partial charge in [-0.3, -0.25) is 4.79 Å². The molecule has 1 heterocycles. The Morgan fingerprint density at radius 2 is 2.00 bits per heavy atom. The van der Waals surface area contributed by atoms with E-state index in [1.54, 1.807) is 0 Å². The van der Waals surface area contributed by atoms with E-state index in [1.165, 1.54) is 29.8 Å².